The standard InChI is InChI=1S/C14H21ClN4O2/c1-11-12(14(15)17(2)16-11)3-4-13(21)19-7-5-18(6-8-19)9-10-20/h3-4,20H,5-10H2,1-2H3/b4-3+. The van der Waals surface area contributed by atoms with E-state index >= 15 is 0 Å². The molecule has 0 atom stereocenters. The number of amides is 1. The van der Waals surface area contributed by atoms with Crippen LogP contribution < -0.4 is 0 Å². The number of aliphatic hydroxyl groups excluding tert-OH is 1. The van der Waals surface area contributed by atoms with Gasteiger partial charge in [-0.05, 0) is 13.0 Å². The minimum atomic E-state index is -0.0158. The molecule has 6 nitrogen and oxygen atoms in total. The minimum Gasteiger partial charge on any atom is -0.395 e. The van der Waals surface area contributed by atoms with E-state index in [4.69, 9.17) is 16.7 Å². The highest BCUT2D eigenvalue weighted by Crippen LogP contribution is 2.20. The number of nitrogens with zero attached hydrogens (tertiary/aromatic N) is 4. The summed E-state index contributed by atoms with van der Waals surface area (Å²) >= 11 is 6.13. The summed E-state index contributed by atoms with van der Waals surface area (Å²) in [6.45, 7) is 5.66. The molecule has 2 rings (SSSR count). The molecule has 0 saturated carbocycles. The topological polar surface area (TPSA) is 61.6 Å². The Hall–Kier alpha value is -1.37. The number of carbonyl (C=O) groups is 1. The Morgan fingerprint density at radius 2 is 2.05 bits per heavy atom. The van der Waals surface area contributed by atoms with Crippen LogP contribution in [0.5, 0.6) is 0 Å². The smallest absolute Gasteiger partial charge is 0.246 e. The second-order valence-electron chi connectivity index (χ2n) is 5.14. The Labute approximate surface area is 129 Å². The van der Waals surface area contributed by atoms with E-state index in [1.165, 1.54) is 0 Å². The molecule has 1 fully saturated rings. The van der Waals surface area contributed by atoms with Crippen molar-refractivity contribution in [2.75, 3.05) is 39.3 Å². The van der Waals surface area contributed by atoms with Gasteiger partial charge in [0.25, 0.3) is 0 Å². The summed E-state index contributed by atoms with van der Waals surface area (Å²) in [6, 6.07) is 0. The van der Waals surface area contributed by atoms with Crippen LogP contribution in [-0.2, 0) is 11.8 Å². The molecule has 0 aromatic carbocycles. The average molecular weight is 313 g/mol. The van der Waals surface area contributed by atoms with E-state index in [1.54, 1.807) is 23.9 Å². The van der Waals surface area contributed by atoms with Gasteiger partial charge in [-0.1, -0.05) is 11.6 Å². The quantitative estimate of drug-likeness (QED) is 0.824. The third-order valence-electron chi connectivity index (χ3n) is 3.69. The first-order chi connectivity index (χ1) is 10.0. The predicted octanol–water partition coefficient (Wildman–Crippen LogP) is 0.532. The lowest BCUT2D eigenvalue weighted by Gasteiger charge is -2.33. The van der Waals surface area contributed by atoms with Gasteiger partial charge in [0.05, 0.1) is 12.3 Å². The fourth-order valence-electron chi connectivity index (χ4n) is 2.43. The van der Waals surface area contributed by atoms with E-state index in [2.05, 4.69) is 10.00 Å². The number of hydrogen-bond acceptors (Lipinski definition) is 4. The fraction of sp³-hybridized carbons (Fsp3) is 0.571. The van der Waals surface area contributed by atoms with Gasteiger partial charge in [0, 0.05) is 51.4 Å². The van der Waals surface area contributed by atoms with E-state index < -0.39 is 0 Å². The lowest BCUT2D eigenvalue weighted by Crippen LogP contribution is -2.48. The van der Waals surface area contributed by atoms with Crippen LogP contribution >= 0.6 is 11.6 Å². The first-order valence-corrected chi connectivity index (χ1v) is 7.40. The molecule has 0 radical (unpaired) electrons. The predicted molar refractivity (Wildman–Crippen MR) is 82.1 cm³/mol. The van der Waals surface area contributed by atoms with E-state index in [9.17, 15) is 4.79 Å². The zero-order chi connectivity index (χ0) is 15.4. The number of rotatable bonds is 4. The van der Waals surface area contributed by atoms with Crippen molar-refractivity contribution in [2.45, 2.75) is 6.92 Å². The molecule has 7 heteroatoms. The third-order valence-corrected chi connectivity index (χ3v) is 4.14. The minimum absolute atomic E-state index is 0.0158. The van der Waals surface area contributed by atoms with Crippen molar-refractivity contribution in [3.8, 4) is 0 Å². The van der Waals surface area contributed by atoms with Crippen molar-refractivity contribution in [3.05, 3.63) is 22.5 Å². The molecule has 0 unspecified atom stereocenters. The second-order valence-corrected chi connectivity index (χ2v) is 5.50. The van der Waals surface area contributed by atoms with Crippen LogP contribution in [-0.4, -0.2) is 69.9 Å². The Kier molecular flexibility index (Phi) is 5.39. The Morgan fingerprint density at radius 1 is 1.38 bits per heavy atom. The van der Waals surface area contributed by atoms with Gasteiger partial charge in [0.1, 0.15) is 5.15 Å². The Morgan fingerprint density at radius 3 is 2.57 bits per heavy atom. The van der Waals surface area contributed by atoms with Gasteiger partial charge >= 0.3 is 0 Å². The maximum absolute atomic E-state index is 12.2. The van der Waals surface area contributed by atoms with Crippen LogP contribution in [0.4, 0.5) is 0 Å². The summed E-state index contributed by atoms with van der Waals surface area (Å²) in [5.41, 5.74) is 1.59. The Bertz CT molecular complexity index is 533. The number of β-amino-alcohol motifs (C(OH)–C–C–N with tert-alkyl or cyclic N) is 1. The molecular weight excluding hydrogens is 292 g/mol. The summed E-state index contributed by atoms with van der Waals surface area (Å²) in [7, 11) is 1.77. The van der Waals surface area contributed by atoms with Gasteiger partial charge in [-0.15, -0.1) is 0 Å². The number of hydrogen-bond donors (Lipinski definition) is 1. The first kappa shape index (κ1) is 16.0. The number of aromatic nitrogens is 2. The highest BCUT2D eigenvalue weighted by molar-refractivity contribution is 6.31. The van der Waals surface area contributed by atoms with Crippen molar-refractivity contribution >= 4 is 23.6 Å². The number of piperazine rings is 1. The number of halogens is 1. The molecule has 1 aromatic heterocycles. The summed E-state index contributed by atoms with van der Waals surface area (Å²) < 4.78 is 1.59. The molecular formula is C14H21ClN4O2. The van der Waals surface area contributed by atoms with Gasteiger partial charge in [-0.2, -0.15) is 5.10 Å². The number of aliphatic hydroxyl groups is 1. The maximum Gasteiger partial charge on any atom is 0.246 e. The highest BCUT2D eigenvalue weighted by atomic mass is 35.5. The number of aryl methyl sites for hydroxylation is 2. The van der Waals surface area contributed by atoms with Crippen LogP contribution in [0.1, 0.15) is 11.3 Å². The first-order valence-electron chi connectivity index (χ1n) is 7.02. The summed E-state index contributed by atoms with van der Waals surface area (Å²) in [6.07, 6.45) is 3.28. The lowest BCUT2D eigenvalue weighted by molar-refractivity contribution is -0.127. The Balaban J connectivity index is 1.94. The van der Waals surface area contributed by atoms with Gasteiger partial charge in [-0.3, -0.25) is 14.4 Å². The van der Waals surface area contributed by atoms with Gasteiger partial charge in [0.2, 0.25) is 5.91 Å². The molecule has 1 aliphatic heterocycles. The van der Waals surface area contributed by atoms with Crippen LogP contribution in [0.15, 0.2) is 6.08 Å². The van der Waals surface area contributed by atoms with Crippen molar-refractivity contribution in [1.82, 2.24) is 19.6 Å². The second kappa shape index (κ2) is 7.06. The van der Waals surface area contributed by atoms with Gasteiger partial charge in [-0.25, -0.2) is 0 Å². The number of carbonyl (C=O) groups excluding carboxylic acids is 1. The van der Waals surface area contributed by atoms with Crippen molar-refractivity contribution in [2.24, 2.45) is 7.05 Å². The normalized spacial score (nSPS) is 16.9. The monoisotopic (exact) mass is 312 g/mol. The lowest BCUT2D eigenvalue weighted by atomic mass is 10.2. The molecule has 1 amide bonds. The van der Waals surface area contributed by atoms with Gasteiger partial charge < -0.3 is 10.0 Å². The molecule has 1 aliphatic rings. The maximum atomic E-state index is 12.2. The average Bonchev–Trinajstić information content (AvgIpc) is 2.71. The summed E-state index contributed by atoms with van der Waals surface area (Å²) in [5.74, 6) is -0.0158. The van der Waals surface area contributed by atoms with Crippen LogP contribution in [0.2, 0.25) is 5.15 Å². The zero-order valence-electron chi connectivity index (χ0n) is 12.4. The molecule has 1 saturated heterocycles. The summed E-state index contributed by atoms with van der Waals surface area (Å²) in [5, 5.41) is 13.6. The molecule has 116 valence electrons. The summed E-state index contributed by atoms with van der Waals surface area (Å²) in [4.78, 5) is 16.1. The van der Waals surface area contributed by atoms with Crippen molar-refractivity contribution in [1.29, 1.82) is 0 Å². The largest absolute Gasteiger partial charge is 0.395 e. The van der Waals surface area contributed by atoms with Gasteiger partial charge in [0.15, 0.2) is 0 Å². The van der Waals surface area contributed by atoms with E-state index in [-0.39, 0.29) is 12.5 Å². The fourth-order valence-corrected chi connectivity index (χ4v) is 2.67. The molecule has 2 heterocycles. The van der Waals surface area contributed by atoms with E-state index in [0.29, 0.717) is 24.8 Å². The van der Waals surface area contributed by atoms with Crippen LogP contribution in [0, 0.1) is 6.92 Å². The van der Waals surface area contributed by atoms with Crippen molar-refractivity contribution < 1.29 is 9.90 Å². The molecule has 0 spiro atoms. The van der Waals surface area contributed by atoms with E-state index in [1.807, 2.05) is 11.8 Å². The van der Waals surface area contributed by atoms with Crippen LogP contribution in [0.25, 0.3) is 6.08 Å². The van der Waals surface area contributed by atoms with Crippen LogP contribution in [0.3, 0.4) is 0 Å². The third kappa shape index (κ3) is 3.84. The zero-order valence-corrected chi connectivity index (χ0v) is 13.2. The SMILES string of the molecule is Cc1nn(C)c(Cl)c1/C=C/C(=O)N1CCN(CCO)CC1. The van der Waals surface area contributed by atoms with E-state index in [0.717, 1.165) is 24.3 Å². The molecule has 1 N–H and O–H groups in total. The van der Waals surface area contributed by atoms with Crippen molar-refractivity contribution in [3.63, 3.8) is 0 Å². The molecule has 1 aromatic rings. The molecule has 0 aliphatic carbocycles. The molecule has 21 heavy (non-hydrogen) atoms. The molecule has 0 bridgehead atoms. The highest BCUT2D eigenvalue weighted by Gasteiger charge is 2.19.